The molecular weight excluding hydrogens is 386 g/mol. The Morgan fingerprint density at radius 2 is 1.82 bits per heavy atom. The van der Waals surface area contributed by atoms with E-state index in [9.17, 15) is 18.6 Å². The first kappa shape index (κ1) is 21.4. The summed E-state index contributed by atoms with van der Waals surface area (Å²) in [6, 6.07) is 5.74. The van der Waals surface area contributed by atoms with Gasteiger partial charge in [-0.3, -0.25) is 4.90 Å². The van der Waals surface area contributed by atoms with Crippen LogP contribution in [0.1, 0.15) is 0 Å². The van der Waals surface area contributed by atoms with Gasteiger partial charge in [0.2, 0.25) is 10.0 Å². The van der Waals surface area contributed by atoms with Crippen LogP contribution in [0.2, 0.25) is 0 Å². The summed E-state index contributed by atoms with van der Waals surface area (Å²) in [5.41, 5.74) is 0. The maximum atomic E-state index is 12.6. The van der Waals surface area contributed by atoms with Crippen LogP contribution in [0.4, 0.5) is 0 Å². The molecule has 10 heteroatoms. The summed E-state index contributed by atoms with van der Waals surface area (Å²) in [7, 11) is -0.182. The first-order chi connectivity index (χ1) is 13.4. The van der Waals surface area contributed by atoms with Gasteiger partial charge in [-0.2, -0.15) is 0 Å². The van der Waals surface area contributed by atoms with Gasteiger partial charge in [-0.25, -0.2) is 13.1 Å². The first-order valence-corrected chi connectivity index (χ1v) is 10.8. The Balaban J connectivity index is 1.69. The summed E-state index contributed by atoms with van der Waals surface area (Å²) in [4.78, 5) is 4.44. The Hall–Kier alpha value is -1.27. The molecule has 0 saturated carbocycles. The SMILES string of the molecule is COc1ccc(S(=O)(=O)NC[C@H]2O[C@@H](CO)[C@@H](O)[C@H]2N2CCN(C)CC2)cc1. The second kappa shape index (κ2) is 9.04. The van der Waals surface area contributed by atoms with E-state index in [0.29, 0.717) is 5.75 Å². The number of ether oxygens (including phenoxy) is 2. The van der Waals surface area contributed by atoms with Crippen LogP contribution in [0.3, 0.4) is 0 Å². The molecule has 2 aliphatic heterocycles. The topological polar surface area (TPSA) is 112 Å². The van der Waals surface area contributed by atoms with Crippen molar-refractivity contribution in [3.63, 3.8) is 0 Å². The highest BCUT2D eigenvalue weighted by Gasteiger charge is 2.46. The first-order valence-electron chi connectivity index (χ1n) is 9.36. The van der Waals surface area contributed by atoms with Crippen LogP contribution < -0.4 is 9.46 Å². The standard InChI is InChI=1S/C18H29N3O6S/c1-20-7-9-21(10-8-20)17-15(27-16(12-22)18(17)23)11-19-28(24,25)14-5-3-13(26-2)4-6-14/h3-6,15-19,22-23H,7-12H2,1-2H3/t15-,16+,17+,18-/m1/s1. The van der Waals surface area contributed by atoms with E-state index in [4.69, 9.17) is 9.47 Å². The van der Waals surface area contributed by atoms with Crippen LogP contribution in [0.15, 0.2) is 29.2 Å². The van der Waals surface area contributed by atoms with E-state index < -0.39 is 28.3 Å². The van der Waals surface area contributed by atoms with Crippen molar-refractivity contribution in [2.75, 3.05) is 53.5 Å². The van der Waals surface area contributed by atoms with Gasteiger partial charge >= 0.3 is 0 Å². The average Bonchev–Trinajstić information content (AvgIpc) is 3.03. The van der Waals surface area contributed by atoms with Gasteiger partial charge in [0.05, 0.1) is 30.8 Å². The number of rotatable bonds is 7. The number of nitrogens with one attached hydrogen (secondary N) is 1. The van der Waals surface area contributed by atoms with E-state index in [2.05, 4.69) is 14.5 Å². The van der Waals surface area contributed by atoms with E-state index in [1.165, 1.54) is 19.2 Å². The minimum Gasteiger partial charge on any atom is -0.497 e. The number of aliphatic hydroxyl groups is 2. The summed E-state index contributed by atoms with van der Waals surface area (Å²) >= 11 is 0. The minimum absolute atomic E-state index is 0.0128. The fraction of sp³-hybridized carbons (Fsp3) is 0.667. The molecule has 2 heterocycles. The number of nitrogens with zero attached hydrogens (tertiary/aromatic N) is 2. The van der Waals surface area contributed by atoms with Crippen molar-refractivity contribution in [1.82, 2.24) is 14.5 Å². The lowest BCUT2D eigenvalue weighted by Gasteiger charge is -2.39. The van der Waals surface area contributed by atoms with Crippen LogP contribution in [0.5, 0.6) is 5.75 Å². The normalized spacial score (nSPS) is 29.9. The molecule has 4 atom stereocenters. The molecule has 0 aromatic heterocycles. The second-order valence-electron chi connectivity index (χ2n) is 7.24. The zero-order valence-corrected chi connectivity index (χ0v) is 17.0. The molecular formula is C18H29N3O6S. The van der Waals surface area contributed by atoms with Gasteiger partial charge in [0.1, 0.15) is 18.0 Å². The van der Waals surface area contributed by atoms with Gasteiger partial charge in [-0.05, 0) is 31.3 Å². The van der Waals surface area contributed by atoms with Crippen molar-refractivity contribution < 1.29 is 28.1 Å². The predicted octanol–water partition coefficient (Wildman–Crippen LogP) is -1.29. The molecule has 28 heavy (non-hydrogen) atoms. The number of likely N-dealkylation sites (N-methyl/N-ethyl adjacent to an activating group) is 1. The molecule has 3 rings (SSSR count). The number of benzene rings is 1. The van der Waals surface area contributed by atoms with E-state index in [-0.39, 0.29) is 24.1 Å². The molecule has 0 radical (unpaired) electrons. The fourth-order valence-corrected chi connectivity index (χ4v) is 4.79. The molecule has 2 fully saturated rings. The molecule has 9 nitrogen and oxygen atoms in total. The van der Waals surface area contributed by atoms with Crippen molar-refractivity contribution >= 4 is 10.0 Å². The van der Waals surface area contributed by atoms with Crippen molar-refractivity contribution in [3.8, 4) is 5.75 Å². The lowest BCUT2D eigenvalue weighted by molar-refractivity contribution is -0.0201. The number of hydrogen-bond donors (Lipinski definition) is 3. The zero-order chi connectivity index (χ0) is 20.3. The molecule has 0 aliphatic carbocycles. The van der Waals surface area contributed by atoms with Crippen molar-refractivity contribution in [2.45, 2.75) is 29.2 Å². The minimum atomic E-state index is -3.73. The molecule has 3 N–H and O–H groups in total. The molecule has 0 unspecified atom stereocenters. The summed E-state index contributed by atoms with van der Waals surface area (Å²) in [6.45, 7) is 2.92. The van der Waals surface area contributed by atoms with Crippen LogP contribution in [0, 0.1) is 0 Å². The largest absolute Gasteiger partial charge is 0.497 e. The Morgan fingerprint density at radius 3 is 2.39 bits per heavy atom. The summed E-state index contributed by atoms with van der Waals surface area (Å²) in [5, 5.41) is 20.1. The molecule has 1 aromatic rings. The number of methoxy groups -OCH3 is 1. The highest BCUT2D eigenvalue weighted by Crippen LogP contribution is 2.27. The van der Waals surface area contributed by atoms with Gasteiger partial charge in [0.15, 0.2) is 0 Å². The predicted molar refractivity (Wildman–Crippen MR) is 103 cm³/mol. The Kier molecular flexibility index (Phi) is 6.92. The Morgan fingerprint density at radius 1 is 1.18 bits per heavy atom. The quantitative estimate of drug-likeness (QED) is 0.505. The Labute approximate surface area is 165 Å². The van der Waals surface area contributed by atoms with Crippen molar-refractivity contribution in [1.29, 1.82) is 0 Å². The van der Waals surface area contributed by atoms with Gasteiger partial charge in [0.25, 0.3) is 0 Å². The number of hydrogen-bond acceptors (Lipinski definition) is 8. The van der Waals surface area contributed by atoms with Gasteiger partial charge in [0, 0.05) is 32.7 Å². The second-order valence-corrected chi connectivity index (χ2v) is 9.01. The summed E-state index contributed by atoms with van der Waals surface area (Å²) < 4.78 is 38.6. The molecule has 158 valence electrons. The van der Waals surface area contributed by atoms with Crippen LogP contribution in [-0.4, -0.2) is 106 Å². The monoisotopic (exact) mass is 415 g/mol. The van der Waals surface area contributed by atoms with Crippen LogP contribution >= 0.6 is 0 Å². The number of sulfonamides is 1. The number of piperazine rings is 1. The molecule has 0 bridgehead atoms. The molecule has 0 amide bonds. The van der Waals surface area contributed by atoms with Gasteiger partial charge in [-0.15, -0.1) is 0 Å². The zero-order valence-electron chi connectivity index (χ0n) is 16.2. The lowest BCUT2D eigenvalue weighted by atomic mass is 10.0. The third-order valence-corrected chi connectivity index (χ3v) is 6.88. The lowest BCUT2D eigenvalue weighted by Crippen LogP contribution is -2.56. The van der Waals surface area contributed by atoms with E-state index in [1.54, 1.807) is 12.1 Å². The van der Waals surface area contributed by atoms with Crippen molar-refractivity contribution in [3.05, 3.63) is 24.3 Å². The highest BCUT2D eigenvalue weighted by atomic mass is 32.2. The summed E-state index contributed by atoms with van der Waals surface area (Å²) in [6.07, 6.45) is -2.15. The maximum Gasteiger partial charge on any atom is 0.240 e. The maximum absolute atomic E-state index is 12.6. The molecule has 2 saturated heterocycles. The van der Waals surface area contributed by atoms with E-state index >= 15 is 0 Å². The van der Waals surface area contributed by atoms with E-state index in [0.717, 1.165) is 26.2 Å². The van der Waals surface area contributed by atoms with Gasteiger partial charge in [-0.1, -0.05) is 0 Å². The Bertz CT molecular complexity index is 736. The van der Waals surface area contributed by atoms with Crippen molar-refractivity contribution in [2.24, 2.45) is 0 Å². The molecule has 1 aromatic carbocycles. The molecule has 0 spiro atoms. The third kappa shape index (κ3) is 4.65. The number of aliphatic hydroxyl groups excluding tert-OH is 2. The molecule has 2 aliphatic rings. The van der Waals surface area contributed by atoms with Crippen LogP contribution in [0.25, 0.3) is 0 Å². The third-order valence-electron chi connectivity index (χ3n) is 5.45. The smallest absolute Gasteiger partial charge is 0.240 e. The fourth-order valence-electron chi connectivity index (χ4n) is 3.75. The highest BCUT2D eigenvalue weighted by molar-refractivity contribution is 7.89. The van der Waals surface area contributed by atoms with Gasteiger partial charge < -0.3 is 24.6 Å². The average molecular weight is 416 g/mol. The van der Waals surface area contributed by atoms with E-state index in [1.807, 2.05) is 7.05 Å². The summed E-state index contributed by atoms with van der Waals surface area (Å²) in [5.74, 6) is 0.571. The van der Waals surface area contributed by atoms with Crippen LogP contribution in [-0.2, 0) is 14.8 Å².